The Hall–Kier alpha value is -2.34. The number of rotatable bonds is 7. The van der Waals surface area contributed by atoms with Crippen LogP contribution in [0, 0.1) is 0 Å². The van der Waals surface area contributed by atoms with Crippen molar-refractivity contribution in [1.82, 2.24) is 9.78 Å². The van der Waals surface area contributed by atoms with Crippen molar-refractivity contribution in [2.75, 3.05) is 25.6 Å². The maximum absolute atomic E-state index is 11.8. The fourth-order valence-corrected chi connectivity index (χ4v) is 1.76. The fraction of sp³-hybridized carbons (Fsp3) is 0.333. The van der Waals surface area contributed by atoms with Crippen molar-refractivity contribution < 1.29 is 14.3 Å². The molecule has 6 nitrogen and oxygen atoms in total. The largest absolute Gasteiger partial charge is 0.458 e. The molecule has 1 heterocycles. The van der Waals surface area contributed by atoms with Gasteiger partial charge in [0.15, 0.2) is 5.69 Å². The van der Waals surface area contributed by atoms with Crippen LogP contribution in [0.2, 0.25) is 0 Å². The van der Waals surface area contributed by atoms with E-state index in [-0.39, 0.29) is 12.3 Å². The van der Waals surface area contributed by atoms with Crippen molar-refractivity contribution in [3.05, 3.63) is 42.2 Å². The summed E-state index contributed by atoms with van der Waals surface area (Å²) in [6, 6.07) is 8.87. The molecule has 21 heavy (non-hydrogen) atoms. The van der Waals surface area contributed by atoms with Gasteiger partial charge in [-0.3, -0.25) is 0 Å². The second-order valence-corrected chi connectivity index (χ2v) is 4.49. The first-order valence-electron chi connectivity index (χ1n) is 6.87. The molecule has 112 valence electrons. The smallest absolute Gasteiger partial charge is 0.358 e. The van der Waals surface area contributed by atoms with E-state index in [1.807, 2.05) is 19.1 Å². The minimum absolute atomic E-state index is 0.226. The number of aromatic nitrogens is 2. The molecule has 1 aromatic carbocycles. The molecule has 0 aliphatic heterocycles. The van der Waals surface area contributed by atoms with Crippen molar-refractivity contribution in [2.45, 2.75) is 13.3 Å². The fourth-order valence-electron chi connectivity index (χ4n) is 1.76. The molecule has 0 unspecified atom stereocenters. The van der Waals surface area contributed by atoms with E-state index in [2.05, 4.69) is 5.10 Å². The van der Waals surface area contributed by atoms with Crippen molar-refractivity contribution in [3.63, 3.8) is 0 Å². The predicted octanol–water partition coefficient (Wildman–Crippen LogP) is 2.04. The Morgan fingerprint density at radius 1 is 1.29 bits per heavy atom. The molecule has 0 saturated heterocycles. The van der Waals surface area contributed by atoms with Crippen LogP contribution >= 0.6 is 0 Å². The summed E-state index contributed by atoms with van der Waals surface area (Å²) in [4.78, 5) is 11.8. The molecule has 0 aliphatic rings. The van der Waals surface area contributed by atoms with Crippen LogP contribution in [0.5, 0.6) is 0 Å². The summed E-state index contributed by atoms with van der Waals surface area (Å²) in [5.41, 5.74) is 7.41. The Morgan fingerprint density at radius 2 is 2.14 bits per heavy atom. The quantitative estimate of drug-likeness (QED) is 0.479. The summed E-state index contributed by atoms with van der Waals surface area (Å²) < 4.78 is 11.9. The Labute approximate surface area is 123 Å². The van der Waals surface area contributed by atoms with Gasteiger partial charge in [-0.05, 0) is 30.7 Å². The lowest BCUT2D eigenvalue weighted by molar-refractivity contribution is 0.0312. The summed E-state index contributed by atoms with van der Waals surface area (Å²) >= 11 is 0. The van der Waals surface area contributed by atoms with Gasteiger partial charge in [0.25, 0.3) is 0 Å². The van der Waals surface area contributed by atoms with Crippen LogP contribution in [0.4, 0.5) is 5.69 Å². The van der Waals surface area contributed by atoms with Gasteiger partial charge in [0.05, 0.1) is 12.3 Å². The minimum Gasteiger partial charge on any atom is -0.458 e. The van der Waals surface area contributed by atoms with Crippen LogP contribution in [0.25, 0.3) is 5.69 Å². The van der Waals surface area contributed by atoms with Gasteiger partial charge in [-0.1, -0.05) is 13.0 Å². The van der Waals surface area contributed by atoms with Gasteiger partial charge < -0.3 is 15.2 Å². The highest BCUT2D eigenvalue weighted by Crippen LogP contribution is 2.12. The number of anilines is 1. The molecule has 0 radical (unpaired) electrons. The molecule has 0 atom stereocenters. The monoisotopic (exact) mass is 289 g/mol. The predicted molar refractivity (Wildman–Crippen MR) is 79.4 cm³/mol. The van der Waals surface area contributed by atoms with Crippen molar-refractivity contribution in [3.8, 4) is 5.69 Å². The minimum atomic E-state index is -0.460. The molecule has 2 aromatic rings. The first-order valence-corrected chi connectivity index (χ1v) is 6.87. The van der Waals surface area contributed by atoms with Gasteiger partial charge in [0.2, 0.25) is 0 Å². The van der Waals surface area contributed by atoms with Crippen LogP contribution in [0.3, 0.4) is 0 Å². The van der Waals surface area contributed by atoms with Crippen LogP contribution < -0.4 is 5.73 Å². The number of nitrogens with zero attached hydrogens (tertiary/aromatic N) is 2. The first-order chi connectivity index (χ1) is 10.2. The highest BCUT2D eigenvalue weighted by Gasteiger charge is 2.11. The molecular weight excluding hydrogens is 270 g/mol. The van der Waals surface area contributed by atoms with Crippen LogP contribution in [-0.2, 0) is 9.47 Å². The van der Waals surface area contributed by atoms with E-state index in [9.17, 15) is 4.79 Å². The maximum Gasteiger partial charge on any atom is 0.358 e. The van der Waals surface area contributed by atoms with E-state index in [1.54, 1.807) is 29.1 Å². The van der Waals surface area contributed by atoms with Crippen LogP contribution in [-0.4, -0.2) is 35.6 Å². The average Bonchev–Trinajstić information content (AvgIpc) is 2.97. The molecule has 2 N–H and O–H groups in total. The summed E-state index contributed by atoms with van der Waals surface area (Å²) in [6.45, 7) is 3.32. The topological polar surface area (TPSA) is 79.4 Å². The summed E-state index contributed by atoms with van der Waals surface area (Å²) in [6.07, 6.45) is 2.64. The van der Waals surface area contributed by atoms with E-state index in [0.717, 1.165) is 12.1 Å². The van der Waals surface area contributed by atoms with E-state index in [0.29, 0.717) is 18.9 Å². The third-order valence-electron chi connectivity index (χ3n) is 2.74. The number of carbonyl (C=O) groups excluding carboxylic acids is 1. The van der Waals surface area contributed by atoms with Crippen LogP contribution in [0.15, 0.2) is 36.5 Å². The van der Waals surface area contributed by atoms with E-state index < -0.39 is 5.97 Å². The molecule has 0 aliphatic carbocycles. The standard InChI is InChI=1S/C15H19N3O3/c1-2-8-20-9-10-21-15(19)14-6-7-18(17-14)13-5-3-4-12(16)11-13/h3-7,11H,2,8-10,16H2,1H3. The van der Waals surface area contributed by atoms with Crippen molar-refractivity contribution in [2.24, 2.45) is 0 Å². The van der Waals surface area contributed by atoms with E-state index >= 15 is 0 Å². The van der Waals surface area contributed by atoms with E-state index in [4.69, 9.17) is 15.2 Å². The van der Waals surface area contributed by atoms with Crippen molar-refractivity contribution >= 4 is 11.7 Å². The van der Waals surface area contributed by atoms with E-state index in [1.165, 1.54) is 0 Å². The Balaban J connectivity index is 1.92. The lowest BCUT2D eigenvalue weighted by Gasteiger charge is -2.04. The van der Waals surface area contributed by atoms with Crippen molar-refractivity contribution in [1.29, 1.82) is 0 Å². The zero-order valence-electron chi connectivity index (χ0n) is 12.0. The number of nitrogens with two attached hydrogens (primary N) is 1. The number of carbonyl (C=O) groups is 1. The second kappa shape index (κ2) is 7.44. The molecule has 0 bridgehead atoms. The normalized spacial score (nSPS) is 10.5. The third-order valence-corrected chi connectivity index (χ3v) is 2.74. The summed E-state index contributed by atoms with van der Waals surface area (Å²) in [5, 5.41) is 4.18. The SMILES string of the molecule is CCCOCCOC(=O)c1ccn(-c2cccc(N)c2)n1. The first kappa shape index (κ1) is 15.1. The Kier molecular flexibility index (Phi) is 5.34. The maximum atomic E-state index is 11.8. The molecular formula is C15H19N3O3. The van der Waals surface area contributed by atoms with Gasteiger partial charge in [0.1, 0.15) is 6.61 Å². The number of ether oxygens (including phenoxy) is 2. The van der Waals surface area contributed by atoms with Gasteiger partial charge in [-0.15, -0.1) is 0 Å². The average molecular weight is 289 g/mol. The number of benzene rings is 1. The molecule has 6 heteroatoms. The van der Waals surface area contributed by atoms with Gasteiger partial charge in [-0.25, -0.2) is 9.48 Å². The highest BCUT2D eigenvalue weighted by atomic mass is 16.6. The molecule has 0 spiro atoms. The molecule has 0 saturated carbocycles. The van der Waals surface area contributed by atoms with Gasteiger partial charge in [-0.2, -0.15) is 5.10 Å². The molecule has 0 amide bonds. The molecule has 1 aromatic heterocycles. The van der Waals surface area contributed by atoms with Gasteiger partial charge >= 0.3 is 5.97 Å². The number of nitrogen functional groups attached to an aromatic ring is 1. The zero-order valence-corrected chi connectivity index (χ0v) is 12.0. The number of esters is 1. The lowest BCUT2D eigenvalue weighted by Crippen LogP contribution is -2.12. The van der Waals surface area contributed by atoms with Gasteiger partial charge in [0, 0.05) is 18.5 Å². The lowest BCUT2D eigenvalue weighted by atomic mass is 10.3. The zero-order chi connectivity index (χ0) is 15.1. The number of hydrogen-bond donors (Lipinski definition) is 1. The summed E-state index contributed by atoms with van der Waals surface area (Å²) in [5.74, 6) is -0.460. The van der Waals surface area contributed by atoms with Crippen LogP contribution in [0.1, 0.15) is 23.8 Å². The molecule has 2 rings (SSSR count). The Bertz CT molecular complexity index is 595. The number of hydrogen-bond acceptors (Lipinski definition) is 5. The Morgan fingerprint density at radius 3 is 2.90 bits per heavy atom. The summed E-state index contributed by atoms with van der Waals surface area (Å²) in [7, 11) is 0. The third kappa shape index (κ3) is 4.32. The highest BCUT2D eigenvalue weighted by molar-refractivity contribution is 5.87. The molecule has 0 fully saturated rings. The second-order valence-electron chi connectivity index (χ2n) is 4.49.